The molecule has 2 unspecified atom stereocenters. The molecule has 1 aromatic rings. The summed E-state index contributed by atoms with van der Waals surface area (Å²) in [4.78, 5) is 9.21. The van der Waals surface area contributed by atoms with Crippen molar-refractivity contribution in [2.75, 3.05) is 52.9 Å². The number of rotatable bonds is 8. The molecular formula is C22H37F3IN5. The second kappa shape index (κ2) is 13.5. The molecule has 0 bridgehead atoms. The predicted octanol–water partition coefficient (Wildman–Crippen LogP) is 4.01. The lowest BCUT2D eigenvalue weighted by Gasteiger charge is -2.37. The first-order valence-electron chi connectivity index (χ1n) is 10.8. The Kier molecular flexibility index (Phi) is 12.2. The van der Waals surface area contributed by atoms with Crippen molar-refractivity contribution in [2.24, 2.45) is 4.99 Å². The first-order valence-corrected chi connectivity index (χ1v) is 10.8. The summed E-state index contributed by atoms with van der Waals surface area (Å²) in [7, 11) is 1.73. The molecule has 1 heterocycles. The van der Waals surface area contributed by atoms with E-state index in [0.29, 0.717) is 18.2 Å². The number of nitrogens with zero attached hydrogens (tertiary/aromatic N) is 3. The molecule has 2 rings (SSSR count). The Morgan fingerprint density at radius 2 is 1.81 bits per heavy atom. The lowest BCUT2D eigenvalue weighted by atomic mass is 9.96. The van der Waals surface area contributed by atoms with Gasteiger partial charge >= 0.3 is 6.18 Å². The third-order valence-electron chi connectivity index (χ3n) is 5.92. The Balaban J connectivity index is 0.00000480. The Morgan fingerprint density at radius 1 is 1.13 bits per heavy atom. The minimum absolute atomic E-state index is 0. The lowest BCUT2D eigenvalue weighted by Crippen LogP contribution is -2.53. The third kappa shape index (κ3) is 9.13. The first kappa shape index (κ1) is 28.0. The van der Waals surface area contributed by atoms with Crippen LogP contribution in [0.5, 0.6) is 0 Å². The lowest BCUT2D eigenvalue weighted by molar-refractivity contribution is -0.137. The summed E-state index contributed by atoms with van der Waals surface area (Å²) in [6.45, 7) is 13.3. The zero-order valence-electron chi connectivity index (χ0n) is 19.0. The molecule has 31 heavy (non-hydrogen) atoms. The fraction of sp³-hybridized carbons (Fsp3) is 0.682. The Morgan fingerprint density at radius 3 is 2.39 bits per heavy atom. The van der Waals surface area contributed by atoms with Crippen LogP contribution in [0.15, 0.2) is 29.3 Å². The van der Waals surface area contributed by atoms with Crippen molar-refractivity contribution in [1.29, 1.82) is 0 Å². The first-order chi connectivity index (χ1) is 14.2. The summed E-state index contributed by atoms with van der Waals surface area (Å²) < 4.78 is 38.7. The highest BCUT2D eigenvalue weighted by molar-refractivity contribution is 14.0. The Hall–Kier alpha value is -1.07. The van der Waals surface area contributed by atoms with Crippen molar-refractivity contribution in [2.45, 2.75) is 45.3 Å². The summed E-state index contributed by atoms with van der Waals surface area (Å²) in [5, 5.41) is 6.65. The van der Waals surface area contributed by atoms with Crippen LogP contribution in [0.25, 0.3) is 0 Å². The summed E-state index contributed by atoms with van der Waals surface area (Å²) in [5.74, 6) is 0.747. The number of aliphatic imine (C=N–C) groups is 1. The molecular weight excluding hydrogens is 518 g/mol. The van der Waals surface area contributed by atoms with Crippen molar-refractivity contribution in [3.8, 4) is 0 Å². The molecule has 0 spiro atoms. The molecule has 1 saturated heterocycles. The van der Waals surface area contributed by atoms with Gasteiger partial charge in [-0.3, -0.25) is 9.89 Å². The van der Waals surface area contributed by atoms with Crippen LogP contribution < -0.4 is 10.6 Å². The molecule has 1 fully saturated rings. The number of halogens is 4. The molecule has 1 aromatic carbocycles. The average molecular weight is 555 g/mol. The van der Waals surface area contributed by atoms with E-state index in [1.54, 1.807) is 13.1 Å². The summed E-state index contributed by atoms with van der Waals surface area (Å²) >= 11 is 0. The summed E-state index contributed by atoms with van der Waals surface area (Å²) in [6, 6.07) is 6.00. The van der Waals surface area contributed by atoms with E-state index in [1.807, 2.05) is 6.92 Å². The summed E-state index contributed by atoms with van der Waals surface area (Å²) in [5.41, 5.74) is 0.112. The average Bonchev–Trinajstić information content (AvgIpc) is 2.75. The van der Waals surface area contributed by atoms with Crippen LogP contribution in [0, 0.1) is 0 Å². The van der Waals surface area contributed by atoms with Crippen LogP contribution in [0.2, 0.25) is 0 Å². The van der Waals surface area contributed by atoms with Gasteiger partial charge in [0.2, 0.25) is 0 Å². The second-order valence-electron chi connectivity index (χ2n) is 8.01. The molecule has 2 atom stereocenters. The van der Waals surface area contributed by atoms with Crippen LogP contribution in [0.4, 0.5) is 13.2 Å². The van der Waals surface area contributed by atoms with E-state index in [1.165, 1.54) is 12.1 Å². The molecule has 9 heteroatoms. The molecule has 0 aromatic heterocycles. The smallest absolute Gasteiger partial charge is 0.356 e. The maximum Gasteiger partial charge on any atom is 0.416 e. The molecule has 1 aliphatic heterocycles. The standard InChI is InChI=1S/C22H36F3N5.HI/c1-5-29-11-13-30(14-12-29)18(3)16-28-21(26-4)27-10-9-17(2)19-7-6-8-20(15-19)22(23,24)25;/h6-8,15,17-18H,5,9-14,16H2,1-4H3,(H2,26,27,28);1H. The number of hydrogen-bond donors (Lipinski definition) is 2. The highest BCUT2D eigenvalue weighted by atomic mass is 127. The predicted molar refractivity (Wildman–Crippen MR) is 132 cm³/mol. The van der Waals surface area contributed by atoms with E-state index in [-0.39, 0.29) is 29.9 Å². The van der Waals surface area contributed by atoms with Gasteiger partial charge in [0, 0.05) is 52.4 Å². The van der Waals surface area contributed by atoms with Gasteiger partial charge in [0.15, 0.2) is 5.96 Å². The van der Waals surface area contributed by atoms with Gasteiger partial charge in [-0.1, -0.05) is 32.0 Å². The third-order valence-corrected chi connectivity index (χ3v) is 5.92. The molecule has 5 nitrogen and oxygen atoms in total. The number of hydrogen-bond acceptors (Lipinski definition) is 3. The van der Waals surface area contributed by atoms with Crippen molar-refractivity contribution in [3.63, 3.8) is 0 Å². The van der Waals surface area contributed by atoms with Crippen molar-refractivity contribution in [3.05, 3.63) is 35.4 Å². The molecule has 2 N–H and O–H groups in total. The minimum Gasteiger partial charge on any atom is -0.356 e. The highest BCUT2D eigenvalue weighted by Crippen LogP contribution is 2.31. The van der Waals surface area contributed by atoms with Gasteiger partial charge in [0.1, 0.15) is 0 Å². The van der Waals surface area contributed by atoms with Crippen LogP contribution in [-0.4, -0.2) is 74.7 Å². The van der Waals surface area contributed by atoms with Gasteiger partial charge < -0.3 is 15.5 Å². The number of likely N-dealkylation sites (N-methyl/N-ethyl adjacent to an activating group) is 1. The number of nitrogens with one attached hydrogen (secondary N) is 2. The fourth-order valence-corrected chi connectivity index (χ4v) is 3.71. The van der Waals surface area contributed by atoms with Crippen molar-refractivity contribution < 1.29 is 13.2 Å². The number of benzene rings is 1. The topological polar surface area (TPSA) is 42.9 Å². The largest absolute Gasteiger partial charge is 0.416 e. The fourth-order valence-electron chi connectivity index (χ4n) is 3.71. The Labute approximate surface area is 201 Å². The van der Waals surface area contributed by atoms with Gasteiger partial charge in [-0.15, -0.1) is 24.0 Å². The summed E-state index contributed by atoms with van der Waals surface area (Å²) in [6.07, 6.45) is -3.59. The van der Waals surface area contributed by atoms with E-state index in [0.717, 1.165) is 57.7 Å². The van der Waals surface area contributed by atoms with Crippen LogP contribution in [-0.2, 0) is 6.18 Å². The second-order valence-corrected chi connectivity index (χ2v) is 8.01. The highest BCUT2D eigenvalue weighted by Gasteiger charge is 2.30. The molecule has 0 saturated carbocycles. The van der Waals surface area contributed by atoms with Gasteiger partial charge in [-0.25, -0.2) is 0 Å². The van der Waals surface area contributed by atoms with Gasteiger partial charge in [0.25, 0.3) is 0 Å². The van der Waals surface area contributed by atoms with E-state index in [9.17, 15) is 13.2 Å². The zero-order chi connectivity index (χ0) is 22.1. The van der Waals surface area contributed by atoms with E-state index in [2.05, 4.69) is 39.3 Å². The van der Waals surface area contributed by atoms with Gasteiger partial charge in [-0.05, 0) is 37.4 Å². The van der Waals surface area contributed by atoms with Gasteiger partial charge in [0.05, 0.1) is 5.56 Å². The van der Waals surface area contributed by atoms with E-state index < -0.39 is 11.7 Å². The zero-order valence-corrected chi connectivity index (χ0v) is 21.3. The van der Waals surface area contributed by atoms with Crippen LogP contribution in [0.3, 0.4) is 0 Å². The minimum atomic E-state index is -4.31. The van der Waals surface area contributed by atoms with Crippen LogP contribution >= 0.6 is 24.0 Å². The van der Waals surface area contributed by atoms with Crippen molar-refractivity contribution >= 4 is 29.9 Å². The Bertz CT molecular complexity index is 675. The molecule has 0 radical (unpaired) electrons. The number of guanidine groups is 1. The number of alkyl halides is 3. The number of piperazine rings is 1. The maximum atomic E-state index is 12.9. The van der Waals surface area contributed by atoms with Gasteiger partial charge in [-0.2, -0.15) is 13.2 Å². The van der Waals surface area contributed by atoms with E-state index in [4.69, 9.17) is 0 Å². The molecule has 0 amide bonds. The van der Waals surface area contributed by atoms with E-state index >= 15 is 0 Å². The SMILES string of the molecule is CCN1CCN(C(C)CNC(=NC)NCCC(C)c2cccc(C(F)(F)F)c2)CC1.I. The molecule has 0 aliphatic carbocycles. The monoisotopic (exact) mass is 555 g/mol. The maximum absolute atomic E-state index is 12.9. The van der Waals surface area contributed by atoms with Crippen LogP contribution in [0.1, 0.15) is 44.2 Å². The molecule has 178 valence electrons. The van der Waals surface area contributed by atoms with Crippen molar-refractivity contribution in [1.82, 2.24) is 20.4 Å². The quantitative estimate of drug-likeness (QED) is 0.289. The normalized spacial score (nSPS) is 18.2. The molecule has 1 aliphatic rings.